The lowest BCUT2D eigenvalue weighted by Crippen LogP contribution is -2.33. The molecule has 4 nitrogen and oxygen atoms in total. The molecule has 0 aromatic heterocycles. The molecule has 3 atom stereocenters. The molecule has 0 heterocycles. The smallest absolute Gasteiger partial charge is 0.150 e. The van der Waals surface area contributed by atoms with Gasteiger partial charge in [0.05, 0.1) is 5.25 Å². The first-order valence-electron chi connectivity index (χ1n) is 4.77. The summed E-state index contributed by atoms with van der Waals surface area (Å²) in [6.07, 6.45) is 3.29. The molecule has 1 aliphatic rings. The van der Waals surface area contributed by atoms with Crippen LogP contribution in [0.3, 0.4) is 0 Å². The first-order chi connectivity index (χ1) is 6.45. The van der Waals surface area contributed by atoms with Crippen LogP contribution in [0.5, 0.6) is 0 Å². The average molecular weight is 220 g/mol. The molecule has 5 heteroatoms. The maximum atomic E-state index is 11.3. The number of sulfone groups is 1. The highest BCUT2D eigenvalue weighted by molar-refractivity contribution is 7.91. The van der Waals surface area contributed by atoms with Crippen LogP contribution in [0.1, 0.15) is 25.7 Å². The van der Waals surface area contributed by atoms with E-state index in [-0.39, 0.29) is 11.2 Å². The van der Waals surface area contributed by atoms with Gasteiger partial charge in [-0.3, -0.25) is 0 Å². The van der Waals surface area contributed by atoms with Crippen molar-refractivity contribution in [1.29, 1.82) is 0 Å². The van der Waals surface area contributed by atoms with Crippen LogP contribution in [0.15, 0.2) is 0 Å². The van der Waals surface area contributed by atoms with Crippen molar-refractivity contribution in [2.24, 2.45) is 5.92 Å². The van der Waals surface area contributed by atoms with Gasteiger partial charge in [-0.25, -0.2) is 8.42 Å². The molecule has 0 radical (unpaired) electrons. The van der Waals surface area contributed by atoms with Crippen LogP contribution in [0, 0.1) is 5.92 Å². The molecule has 0 aliphatic heterocycles. The Labute approximate surface area is 84.2 Å². The lowest BCUT2D eigenvalue weighted by atomic mass is 9.85. The summed E-state index contributed by atoms with van der Waals surface area (Å²) in [5.74, 6) is -0.180. The Balaban J connectivity index is 2.65. The predicted molar refractivity (Wildman–Crippen MR) is 52.7 cm³/mol. The van der Waals surface area contributed by atoms with Gasteiger partial charge in [0.25, 0.3) is 0 Å². The highest BCUT2D eigenvalue weighted by atomic mass is 32.2. The van der Waals surface area contributed by atoms with Crippen molar-refractivity contribution in [2.75, 3.05) is 6.26 Å². The summed E-state index contributed by atoms with van der Waals surface area (Å²) in [6, 6.07) is 0. The van der Waals surface area contributed by atoms with Crippen molar-refractivity contribution in [3.05, 3.63) is 0 Å². The molecule has 82 valence electrons. The number of carbonyl (C=O) groups is 1. The number of hydrogen-bond donors (Lipinski definition) is 1. The Morgan fingerprint density at radius 2 is 2.07 bits per heavy atom. The third-order valence-electron chi connectivity index (χ3n) is 2.89. The van der Waals surface area contributed by atoms with Crippen molar-refractivity contribution in [3.8, 4) is 0 Å². The second-order valence-corrected chi connectivity index (χ2v) is 6.33. The summed E-state index contributed by atoms with van der Waals surface area (Å²) in [5.41, 5.74) is 0. The molecular weight excluding hydrogens is 204 g/mol. The molecule has 0 bridgehead atoms. The Bertz CT molecular complexity index is 296. The number of aldehydes is 1. The van der Waals surface area contributed by atoms with Crippen LogP contribution in [0.25, 0.3) is 0 Å². The van der Waals surface area contributed by atoms with Crippen LogP contribution in [0.4, 0.5) is 0 Å². The lowest BCUT2D eigenvalue weighted by Gasteiger charge is -2.28. The molecule has 14 heavy (non-hydrogen) atoms. The normalized spacial score (nSPS) is 31.0. The minimum absolute atomic E-state index is 0.180. The average Bonchev–Trinajstić information content (AvgIpc) is 2.15. The quantitative estimate of drug-likeness (QED) is 0.687. The summed E-state index contributed by atoms with van der Waals surface area (Å²) < 4.78 is 22.5. The second-order valence-electron chi connectivity index (χ2n) is 4.00. The number of carbonyl (C=O) groups excluding carboxylic acids is 1. The standard InChI is InChI=1S/C9H16O4S/c1-14(12,13)8-4-2-3-7(5-8)9(11)6-10/h6-9,11H,2-5H2,1H3. The molecule has 1 N–H and O–H groups in total. The van der Waals surface area contributed by atoms with E-state index in [2.05, 4.69) is 0 Å². The van der Waals surface area contributed by atoms with Gasteiger partial charge in [-0.2, -0.15) is 0 Å². The van der Waals surface area contributed by atoms with E-state index in [4.69, 9.17) is 0 Å². The van der Waals surface area contributed by atoms with Crippen molar-refractivity contribution in [2.45, 2.75) is 37.0 Å². The van der Waals surface area contributed by atoms with E-state index in [9.17, 15) is 18.3 Å². The molecule has 0 amide bonds. The largest absolute Gasteiger partial charge is 0.385 e. The monoisotopic (exact) mass is 220 g/mol. The van der Waals surface area contributed by atoms with Crippen molar-refractivity contribution < 1.29 is 18.3 Å². The zero-order valence-electron chi connectivity index (χ0n) is 8.22. The van der Waals surface area contributed by atoms with E-state index in [0.29, 0.717) is 19.1 Å². The Morgan fingerprint density at radius 3 is 2.57 bits per heavy atom. The van der Waals surface area contributed by atoms with Crippen LogP contribution in [-0.4, -0.2) is 37.4 Å². The SMILES string of the molecule is CS(=O)(=O)C1CCCC(C(O)C=O)C1. The van der Waals surface area contributed by atoms with Crippen molar-refractivity contribution in [3.63, 3.8) is 0 Å². The summed E-state index contributed by atoms with van der Waals surface area (Å²) >= 11 is 0. The first-order valence-corrected chi connectivity index (χ1v) is 6.73. The van der Waals surface area contributed by atoms with E-state index in [0.717, 1.165) is 12.8 Å². The minimum atomic E-state index is -3.03. The van der Waals surface area contributed by atoms with Crippen LogP contribution in [-0.2, 0) is 14.6 Å². The molecule has 1 aliphatic carbocycles. The summed E-state index contributed by atoms with van der Waals surface area (Å²) in [6.45, 7) is 0. The number of aliphatic hydroxyl groups excluding tert-OH is 1. The molecule has 1 rings (SSSR count). The third-order valence-corrected chi connectivity index (χ3v) is 4.53. The number of hydrogen-bond acceptors (Lipinski definition) is 4. The molecule has 0 spiro atoms. The second kappa shape index (κ2) is 4.40. The Kier molecular flexibility index (Phi) is 3.66. The third kappa shape index (κ3) is 2.78. The van der Waals surface area contributed by atoms with Crippen molar-refractivity contribution in [1.82, 2.24) is 0 Å². The van der Waals surface area contributed by atoms with Gasteiger partial charge in [-0.05, 0) is 25.2 Å². The summed E-state index contributed by atoms with van der Waals surface area (Å²) in [4.78, 5) is 10.4. The molecule has 1 fully saturated rings. The van der Waals surface area contributed by atoms with Crippen molar-refractivity contribution >= 4 is 16.1 Å². The Morgan fingerprint density at radius 1 is 1.43 bits per heavy atom. The van der Waals surface area contributed by atoms with Gasteiger partial charge >= 0.3 is 0 Å². The van der Waals surface area contributed by atoms with E-state index in [1.54, 1.807) is 0 Å². The van der Waals surface area contributed by atoms with Gasteiger partial charge in [-0.15, -0.1) is 0 Å². The van der Waals surface area contributed by atoms with E-state index < -0.39 is 15.9 Å². The maximum absolute atomic E-state index is 11.3. The van der Waals surface area contributed by atoms with Crippen LogP contribution >= 0.6 is 0 Å². The predicted octanol–water partition coefficient (Wildman–Crippen LogP) is 0.150. The maximum Gasteiger partial charge on any atom is 0.150 e. The number of rotatable bonds is 3. The Hall–Kier alpha value is -0.420. The molecule has 1 saturated carbocycles. The van der Waals surface area contributed by atoms with Gasteiger partial charge < -0.3 is 9.90 Å². The van der Waals surface area contributed by atoms with Gasteiger partial charge in [0.1, 0.15) is 22.2 Å². The molecule has 0 saturated heterocycles. The fraction of sp³-hybridized carbons (Fsp3) is 0.889. The zero-order valence-corrected chi connectivity index (χ0v) is 9.03. The van der Waals surface area contributed by atoms with E-state index >= 15 is 0 Å². The molecule has 0 aromatic carbocycles. The van der Waals surface area contributed by atoms with Gasteiger partial charge in [0, 0.05) is 6.26 Å². The fourth-order valence-electron chi connectivity index (χ4n) is 1.99. The van der Waals surface area contributed by atoms with Gasteiger partial charge in [0.2, 0.25) is 0 Å². The summed E-state index contributed by atoms with van der Waals surface area (Å²) in [5, 5.41) is 8.92. The number of aliphatic hydroxyl groups is 1. The van der Waals surface area contributed by atoms with E-state index in [1.807, 2.05) is 0 Å². The topological polar surface area (TPSA) is 71.4 Å². The van der Waals surface area contributed by atoms with Gasteiger partial charge in [-0.1, -0.05) is 6.42 Å². The zero-order chi connectivity index (χ0) is 10.8. The van der Waals surface area contributed by atoms with E-state index in [1.165, 1.54) is 6.26 Å². The van der Waals surface area contributed by atoms with Gasteiger partial charge in [0.15, 0.2) is 0 Å². The highest BCUT2D eigenvalue weighted by Gasteiger charge is 2.32. The molecule has 3 unspecified atom stereocenters. The summed E-state index contributed by atoms with van der Waals surface area (Å²) in [7, 11) is -3.03. The van der Waals surface area contributed by atoms with Crippen LogP contribution in [0.2, 0.25) is 0 Å². The molecule has 0 aromatic rings. The first kappa shape index (κ1) is 11.7. The highest BCUT2D eigenvalue weighted by Crippen LogP contribution is 2.30. The lowest BCUT2D eigenvalue weighted by molar-refractivity contribution is -0.117. The minimum Gasteiger partial charge on any atom is -0.385 e. The molecular formula is C9H16O4S. The van der Waals surface area contributed by atoms with Crippen LogP contribution < -0.4 is 0 Å². The fourth-order valence-corrected chi connectivity index (χ4v) is 3.18.